The molecule has 2 aromatic carbocycles. The molecule has 0 aliphatic rings. The van der Waals surface area contributed by atoms with Gasteiger partial charge in [-0.15, -0.1) is 0 Å². The third-order valence-corrected chi connectivity index (χ3v) is 4.89. The molecule has 36 heavy (non-hydrogen) atoms. The zero-order valence-electron chi connectivity index (χ0n) is 18.6. The smallest absolute Gasteiger partial charge is 0.409 e. The summed E-state index contributed by atoms with van der Waals surface area (Å²) in [5, 5.41) is 13.9. The minimum atomic E-state index is -1.32. The fraction of sp³-hybridized carbons (Fsp3) is 0.0385. The molecule has 0 aliphatic heterocycles. The van der Waals surface area contributed by atoms with E-state index in [1.165, 1.54) is 55.0 Å². The molecule has 10 heteroatoms. The van der Waals surface area contributed by atoms with Gasteiger partial charge in [0.1, 0.15) is 18.0 Å². The van der Waals surface area contributed by atoms with E-state index < -0.39 is 24.2 Å². The summed E-state index contributed by atoms with van der Waals surface area (Å²) in [6, 6.07) is 13.1. The second-order valence-electron chi connectivity index (χ2n) is 7.47. The Morgan fingerprint density at radius 3 is 2.39 bits per heavy atom. The first-order valence-corrected chi connectivity index (χ1v) is 10.6. The first-order valence-electron chi connectivity index (χ1n) is 10.6. The van der Waals surface area contributed by atoms with Crippen LogP contribution >= 0.6 is 0 Å². The second-order valence-corrected chi connectivity index (χ2v) is 7.47. The number of ketones is 1. The molecule has 0 aliphatic carbocycles. The Hall–Kier alpha value is -5.30. The number of carboxylic acid groups (broad SMARTS) is 1. The highest BCUT2D eigenvalue weighted by Gasteiger charge is 2.16. The van der Waals surface area contributed by atoms with E-state index >= 15 is 0 Å². The van der Waals surface area contributed by atoms with Gasteiger partial charge in [-0.2, -0.15) is 0 Å². The summed E-state index contributed by atoms with van der Waals surface area (Å²) in [6.07, 6.45) is 4.43. The summed E-state index contributed by atoms with van der Waals surface area (Å²) < 4.78 is 14.7. The number of carbonyl (C=O) groups is 3. The highest BCUT2D eigenvalue weighted by atomic mass is 19.1. The van der Waals surface area contributed by atoms with Crippen LogP contribution in [-0.4, -0.2) is 37.4 Å². The number of nitrogens with one attached hydrogen (secondary N) is 2. The van der Waals surface area contributed by atoms with Gasteiger partial charge in [0.2, 0.25) is 5.91 Å². The van der Waals surface area contributed by atoms with Crippen molar-refractivity contribution in [2.75, 3.05) is 10.6 Å². The topological polar surface area (TPSA) is 126 Å². The first kappa shape index (κ1) is 23.8. The summed E-state index contributed by atoms with van der Waals surface area (Å²) in [5.41, 5.74) is 1.58. The van der Waals surface area contributed by atoms with Crippen LogP contribution in [0, 0.1) is 17.7 Å². The van der Waals surface area contributed by atoms with Crippen LogP contribution in [0.15, 0.2) is 79.5 Å². The van der Waals surface area contributed by atoms with E-state index in [0.29, 0.717) is 16.9 Å². The molecular weight excluding hydrogens is 465 g/mol. The lowest BCUT2D eigenvalue weighted by Gasteiger charge is -2.11. The Balaban J connectivity index is 1.51. The predicted octanol–water partition coefficient (Wildman–Crippen LogP) is 4.11. The van der Waals surface area contributed by atoms with E-state index in [0.717, 1.165) is 0 Å². The quantitative estimate of drug-likeness (QED) is 0.215. The van der Waals surface area contributed by atoms with Crippen LogP contribution in [0.5, 0.6) is 0 Å². The van der Waals surface area contributed by atoms with Gasteiger partial charge in [0.15, 0.2) is 5.78 Å². The minimum absolute atomic E-state index is 0.113. The molecule has 178 valence electrons. The zero-order chi connectivity index (χ0) is 25.5. The second kappa shape index (κ2) is 10.8. The summed E-state index contributed by atoms with van der Waals surface area (Å²) in [7, 11) is 0. The normalized spacial score (nSPS) is 10.1. The molecule has 0 fully saturated rings. The number of pyridine rings is 1. The molecule has 0 unspecified atom stereocenters. The molecule has 0 bridgehead atoms. The number of hydrogen-bond donors (Lipinski definition) is 3. The molecule has 4 rings (SSSR count). The van der Waals surface area contributed by atoms with Gasteiger partial charge in [0, 0.05) is 35.3 Å². The fourth-order valence-electron chi connectivity index (χ4n) is 3.20. The molecule has 0 saturated carbocycles. The van der Waals surface area contributed by atoms with Crippen LogP contribution in [0.3, 0.4) is 0 Å². The van der Waals surface area contributed by atoms with Crippen LogP contribution in [0.4, 0.5) is 20.6 Å². The van der Waals surface area contributed by atoms with Crippen molar-refractivity contribution < 1.29 is 23.9 Å². The Kier molecular flexibility index (Phi) is 7.12. The van der Waals surface area contributed by atoms with Gasteiger partial charge in [0.05, 0.1) is 17.8 Å². The average Bonchev–Trinajstić information content (AvgIpc) is 3.40. The van der Waals surface area contributed by atoms with Gasteiger partial charge in [-0.25, -0.2) is 19.2 Å². The van der Waals surface area contributed by atoms with Crippen molar-refractivity contribution in [2.45, 2.75) is 6.42 Å². The fourth-order valence-corrected chi connectivity index (χ4v) is 3.20. The number of anilines is 2. The number of halogens is 1. The highest BCUT2D eigenvalue weighted by molar-refractivity contribution is 6.12. The largest absolute Gasteiger partial charge is 0.465 e. The maximum absolute atomic E-state index is 13.1. The van der Waals surface area contributed by atoms with Crippen LogP contribution in [-0.2, 0) is 4.79 Å². The maximum Gasteiger partial charge on any atom is 0.409 e. The van der Waals surface area contributed by atoms with Crippen molar-refractivity contribution in [3.8, 4) is 17.7 Å². The molecule has 0 radical (unpaired) electrons. The Bertz CT molecular complexity index is 1490. The van der Waals surface area contributed by atoms with Gasteiger partial charge in [0.25, 0.3) is 0 Å². The molecule has 2 aromatic heterocycles. The number of hydrogen-bond acceptors (Lipinski definition) is 5. The van der Waals surface area contributed by atoms with Crippen LogP contribution < -0.4 is 10.6 Å². The van der Waals surface area contributed by atoms with Gasteiger partial charge in [-0.3, -0.25) is 19.5 Å². The molecule has 2 amide bonds. The van der Waals surface area contributed by atoms with Crippen molar-refractivity contribution in [1.29, 1.82) is 0 Å². The lowest BCUT2D eigenvalue weighted by molar-refractivity contribution is -0.115. The number of aromatic nitrogens is 3. The third-order valence-electron chi connectivity index (χ3n) is 4.89. The standard InChI is InChI=1S/C26H18FN5O4/c27-20-6-3-17(4-7-20)1-2-18-5-8-21(31-26(35)36)22(13-18)30-25(34)15-23(33)19-9-10-29-24(14-19)32-12-11-28-16-32/h3-14,16,31H,15H2,(H,30,34)(H,35,36). The molecule has 3 N–H and O–H groups in total. The number of Topliss-reactive ketones (excluding diaryl/α,β-unsaturated/α-hetero) is 1. The average molecular weight is 483 g/mol. The number of benzene rings is 2. The van der Waals surface area contributed by atoms with Crippen LogP contribution in [0.25, 0.3) is 5.82 Å². The van der Waals surface area contributed by atoms with E-state index in [1.807, 2.05) is 0 Å². The summed E-state index contributed by atoms with van der Waals surface area (Å²) >= 11 is 0. The van der Waals surface area contributed by atoms with E-state index in [1.54, 1.807) is 29.1 Å². The lowest BCUT2D eigenvalue weighted by atomic mass is 10.1. The van der Waals surface area contributed by atoms with Crippen molar-refractivity contribution in [1.82, 2.24) is 14.5 Å². The number of imidazole rings is 1. The third kappa shape index (κ3) is 6.18. The van der Waals surface area contributed by atoms with Crippen molar-refractivity contribution in [3.05, 3.63) is 102 Å². The Morgan fingerprint density at radius 1 is 0.917 bits per heavy atom. The van der Waals surface area contributed by atoms with E-state index in [4.69, 9.17) is 5.11 Å². The molecule has 2 heterocycles. The predicted molar refractivity (Wildman–Crippen MR) is 129 cm³/mol. The number of rotatable bonds is 6. The number of nitrogens with zero attached hydrogens (tertiary/aromatic N) is 3. The van der Waals surface area contributed by atoms with Crippen molar-refractivity contribution >= 4 is 29.2 Å². The van der Waals surface area contributed by atoms with Gasteiger partial charge >= 0.3 is 6.09 Å². The molecule has 0 atom stereocenters. The van der Waals surface area contributed by atoms with E-state index in [9.17, 15) is 18.8 Å². The minimum Gasteiger partial charge on any atom is -0.465 e. The monoisotopic (exact) mass is 483 g/mol. The van der Waals surface area contributed by atoms with Crippen LogP contribution in [0.2, 0.25) is 0 Å². The van der Waals surface area contributed by atoms with Gasteiger partial charge in [-0.05, 0) is 54.6 Å². The van der Waals surface area contributed by atoms with Crippen molar-refractivity contribution in [2.24, 2.45) is 0 Å². The van der Waals surface area contributed by atoms with Crippen LogP contribution in [0.1, 0.15) is 27.9 Å². The van der Waals surface area contributed by atoms with Gasteiger partial charge < -0.3 is 10.4 Å². The van der Waals surface area contributed by atoms with E-state index in [2.05, 4.69) is 32.4 Å². The Morgan fingerprint density at radius 2 is 1.67 bits per heavy atom. The van der Waals surface area contributed by atoms with Gasteiger partial charge in [-0.1, -0.05) is 11.8 Å². The zero-order valence-corrected chi connectivity index (χ0v) is 18.6. The lowest BCUT2D eigenvalue weighted by Crippen LogP contribution is -2.19. The molecule has 0 spiro atoms. The molecule has 0 saturated heterocycles. The maximum atomic E-state index is 13.1. The SMILES string of the molecule is O=C(O)Nc1ccc(C#Cc2ccc(F)cc2)cc1NC(=O)CC(=O)c1ccnc(-n2ccnc2)c1. The first-order chi connectivity index (χ1) is 17.4. The summed E-state index contributed by atoms with van der Waals surface area (Å²) in [4.78, 5) is 44.7. The number of carbonyl (C=O) groups excluding carboxylic acids is 2. The summed E-state index contributed by atoms with van der Waals surface area (Å²) in [5.74, 6) is 4.75. The Labute approximate surface area is 204 Å². The highest BCUT2D eigenvalue weighted by Crippen LogP contribution is 2.24. The molecule has 9 nitrogen and oxygen atoms in total. The van der Waals surface area contributed by atoms with Crippen molar-refractivity contribution in [3.63, 3.8) is 0 Å². The number of amides is 2. The molecule has 4 aromatic rings. The molecular formula is C26H18FN5O4. The summed E-state index contributed by atoms with van der Waals surface area (Å²) in [6.45, 7) is 0. The van der Waals surface area contributed by atoms with E-state index in [-0.39, 0.29) is 22.8 Å².